The fourth-order valence-electron chi connectivity index (χ4n) is 4.56. The zero-order valence-corrected chi connectivity index (χ0v) is 27.1. The maximum absolute atomic E-state index is 11.1. The second kappa shape index (κ2) is 11.5. The maximum Gasteiger partial charge on any atom is 0.360 e. The number of hydrogen-bond donors (Lipinski definition) is 2. The minimum Gasteiger partial charge on any atom is -0.507 e. The molecule has 0 saturated carbocycles. The lowest BCUT2D eigenvalue weighted by atomic mass is 9.78. The number of phenolic OH excluding ortho intramolecular Hbond substituents is 2. The zero-order valence-electron chi connectivity index (χ0n) is 26.4. The van der Waals surface area contributed by atoms with Crippen molar-refractivity contribution in [2.24, 2.45) is 0 Å². The minimum atomic E-state index is -4.94. The Morgan fingerprint density at radius 2 is 0.732 bits per heavy atom. The number of benzene rings is 2. The lowest BCUT2D eigenvalue weighted by Crippen LogP contribution is -2.68. The van der Waals surface area contributed by atoms with Crippen molar-refractivity contribution in [3.8, 4) is 34.1 Å². The van der Waals surface area contributed by atoms with Crippen molar-refractivity contribution < 1.29 is 43.5 Å². The highest BCUT2D eigenvalue weighted by Crippen LogP contribution is 2.44. The highest BCUT2D eigenvalue weighted by molar-refractivity contribution is 5.69. The summed E-state index contributed by atoms with van der Waals surface area (Å²) in [6.07, 6.45) is 0. The normalized spacial score (nSPS) is 13.1. The smallest absolute Gasteiger partial charge is 0.360 e. The molecule has 8 heteroatoms. The van der Waals surface area contributed by atoms with Crippen LogP contribution in [0.4, 0.5) is 0 Å². The number of hydrogen-bond acceptors (Lipinski definition) is 6. The fourth-order valence-corrected chi connectivity index (χ4v) is 4.56. The quantitative estimate of drug-likeness (QED) is 0.411. The SMILES string of the molecule is CC(C)(C)c1cc(-c2cccc(-c3cc(C(C)(C)C)c(O)c(C(C)(C)C)c3)[o+]2)cc(C(C)(C)C)c1O.[O-][Cl+3]([O-])([O-])[O-]. The Bertz CT molecular complexity index is 1200. The Labute approximate surface area is 246 Å². The first kappa shape index (κ1) is 34.5. The fraction of sp³-hybridized carbons (Fsp3) is 0.485. The number of aromatic hydroxyl groups is 2. The molecule has 1 heterocycles. The molecule has 0 unspecified atom stereocenters. The topological polar surface area (TPSA) is 144 Å². The largest absolute Gasteiger partial charge is 0.507 e. The second-order valence-electron chi connectivity index (χ2n) is 14.6. The predicted octanol–water partition coefficient (Wildman–Crippen LogP) is 4.74. The van der Waals surface area contributed by atoms with Gasteiger partial charge in [-0.2, -0.15) is 0 Å². The Hall–Kier alpha value is -2.68. The maximum atomic E-state index is 11.1. The van der Waals surface area contributed by atoms with Gasteiger partial charge in [0.05, 0.1) is 11.1 Å². The van der Waals surface area contributed by atoms with Crippen LogP contribution in [-0.2, 0) is 21.7 Å². The third-order valence-corrected chi connectivity index (χ3v) is 6.74. The van der Waals surface area contributed by atoms with Crippen LogP contribution < -0.4 is 18.6 Å². The van der Waals surface area contributed by atoms with E-state index in [0.29, 0.717) is 11.5 Å². The second-order valence-corrected chi connectivity index (χ2v) is 15.3. The number of rotatable bonds is 2. The first-order valence-corrected chi connectivity index (χ1v) is 14.8. The molecular weight excluding hydrogens is 544 g/mol. The molecule has 0 fully saturated rings. The van der Waals surface area contributed by atoms with Crippen molar-refractivity contribution in [1.29, 1.82) is 0 Å². The monoisotopic (exact) mass is 588 g/mol. The summed E-state index contributed by atoms with van der Waals surface area (Å²) in [5.74, 6) is 2.20. The molecule has 1 aromatic heterocycles. The van der Waals surface area contributed by atoms with E-state index in [-0.39, 0.29) is 21.7 Å². The molecule has 0 aliphatic carbocycles. The van der Waals surface area contributed by atoms with Crippen LogP contribution in [-0.4, -0.2) is 10.2 Å². The van der Waals surface area contributed by atoms with Crippen molar-refractivity contribution in [3.63, 3.8) is 0 Å². The van der Waals surface area contributed by atoms with Gasteiger partial charge in [-0.25, -0.2) is 23.1 Å². The summed E-state index contributed by atoms with van der Waals surface area (Å²) in [6.45, 7) is 25.4. The van der Waals surface area contributed by atoms with Crippen LogP contribution in [0.1, 0.15) is 105 Å². The summed E-state index contributed by atoms with van der Waals surface area (Å²) >= 11 is 0. The molecule has 2 N–H and O–H groups in total. The highest BCUT2D eigenvalue weighted by Gasteiger charge is 2.31. The molecule has 0 saturated heterocycles. The summed E-state index contributed by atoms with van der Waals surface area (Å²) in [6, 6.07) is 14.1. The van der Waals surface area contributed by atoms with Crippen molar-refractivity contribution in [3.05, 3.63) is 64.7 Å². The van der Waals surface area contributed by atoms with Gasteiger partial charge in [0.15, 0.2) is 0 Å². The van der Waals surface area contributed by atoms with E-state index in [1.54, 1.807) is 0 Å². The molecule has 226 valence electrons. The van der Waals surface area contributed by atoms with Crippen molar-refractivity contribution >= 4 is 0 Å². The van der Waals surface area contributed by atoms with Gasteiger partial charge in [-0.1, -0.05) is 83.1 Å². The van der Waals surface area contributed by atoms with Crippen molar-refractivity contribution in [2.75, 3.05) is 0 Å². The van der Waals surface area contributed by atoms with Crippen LogP contribution in [0, 0.1) is 10.2 Å². The average molecular weight is 589 g/mol. The standard InChI is InChI=1S/C33H44O3.ClHO4/c1-30(2,3)22-16-20(17-23(28(22)34)31(4,5)6)26-14-13-15-27(36-26)21-18-24(32(7,8)9)29(35)25(19-21)33(10,11)12;2-1(3,4)5/h13-19H,1-12H3,(H-,34,35);(H,2,3,4,5). The molecule has 0 amide bonds. The molecule has 2 aromatic carbocycles. The van der Waals surface area contributed by atoms with Crippen LogP contribution in [0.15, 0.2) is 46.9 Å². The van der Waals surface area contributed by atoms with Gasteiger partial charge in [-0.15, -0.1) is 10.2 Å². The number of phenols is 2. The van der Waals surface area contributed by atoms with Gasteiger partial charge in [0.1, 0.15) is 11.5 Å². The van der Waals surface area contributed by atoms with Gasteiger partial charge in [-0.05, 0) is 52.0 Å². The molecule has 0 aliphatic heterocycles. The van der Waals surface area contributed by atoms with E-state index in [4.69, 9.17) is 23.1 Å². The summed E-state index contributed by atoms with van der Waals surface area (Å²) in [4.78, 5) is 0. The van der Waals surface area contributed by atoms with E-state index >= 15 is 0 Å². The molecule has 0 radical (unpaired) electrons. The molecule has 0 bridgehead atoms. The third kappa shape index (κ3) is 9.15. The van der Waals surface area contributed by atoms with Gasteiger partial charge in [0.2, 0.25) is 0 Å². The van der Waals surface area contributed by atoms with E-state index in [1.807, 2.05) is 42.5 Å². The van der Waals surface area contributed by atoms with Gasteiger partial charge < -0.3 is 10.2 Å². The van der Waals surface area contributed by atoms with Crippen LogP contribution >= 0.6 is 0 Å². The van der Waals surface area contributed by atoms with Crippen LogP contribution in [0.2, 0.25) is 0 Å². The summed E-state index contributed by atoms with van der Waals surface area (Å²) < 4.78 is 40.5. The molecule has 41 heavy (non-hydrogen) atoms. The van der Waals surface area contributed by atoms with Crippen LogP contribution in [0.3, 0.4) is 0 Å². The Balaban J connectivity index is 0.00000108. The minimum absolute atomic E-state index is 0.224. The Morgan fingerprint density at radius 1 is 0.512 bits per heavy atom. The third-order valence-electron chi connectivity index (χ3n) is 6.74. The summed E-state index contributed by atoms with van der Waals surface area (Å²) in [7, 11) is -4.94. The molecule has 3 aromatic rings. The Kier molecular flexibility index (Phi) is 9.71. The van der Waals surface area contributed by atoms with E-state index in [9.17, 15) is 10.2 Å². The molecule has 0 aliphatic rings. The van der Waals surface area contributed by atoms with Gasteiger partial charge in [0, 0.05) is 34.4 Å². The highest BCUT2D eigenvalue weighted by atomic mass is 35.7. The Morgan fingerprint density at radius 3 is 0.927 bits per heavy atom. The van der Waals surface area contributed by atoms with Crippen LogP contribution in [0.25, 0.3) is 22.6 Å². The summed E-state index contributed by atoms with van der Waals surface area (Å²) in [5, 5.41) is 22.3. The molecule has 0 spiro atoms. The van der Waals surface area contributed by atoms with Gasteiger partial charge in [0.25, 0.3) is 0 Å². The number of halogens is 1. The molecule has 7 nitrogen and oxygen atoms in total. The van der Waals surface area contributed by atoms with Gasteiger partial charge in [-0.3, -0.25) is 0 Å². The lowest BCUT2D eigenvalue weighted by Gasteiger charge is -2.27. The van der Waals surface area contributed by atoms with Crippen molar-refractivity contribution in [2.45, 2.75) is 105 Å². The summed E-state index contributed by atoms with van der Waals surface area (Å²) in [5.41, 5.74) is 4.59. The zero-order chi connectivity index (χ0) is 31.9. The van der Waals surface area contributed by atoms with Crippen LogP contribution in [0.5, 0.6) is 11.5 Å². The molecule has 0 atom stereocenters. The lowest BCUT2D eigenvalue weighted by molar-refractivity contribution is -2.00. The van der Waals surface area contributed by atoms with E-state index in [2.05, 4.69) is 83.1 Å². The van der Waals surface area contributed by atoms with Gasteiger partial charge >= 0.3 is 11.5 Å². The first-order valence-electron chi connectivity index (χ1n) is 13.5. The van der Waals surface area contributed by atoms with E-state index in [1.165, 1.54) is 0 Å². The molecule has 3 rings (SSSR count). The van der Waals surface area contributed by atoms with E-state index < -0.39 is 10.2 Å². The average Bonchev–Trinajstić information content (AvgIpc) is 2.75. The van der Waals surface area contributed by atoms with E-state index in [0.717, 1.165) is 44.9 Å². The first-order chi connectivity index (χ1) is 18.2. The molecular formula is C33H45ClO7. The predicted molar refractivity (Wildman–Crippen MR) is 152 cm³/mol. The van der Waals surface area contributed by atoms with Crippen molar-refractivity contribution in [1.82, 2.24) is 0 Å².